The molecule has 0 radical (unpaired) electrons. The van der Waals surface area contributed by atoms with Gasteiger partial charge in [-0.25, -0.2) is 0 Å². The van der Waals surface area contributed by atoms with Gasteiger partial charge in [0.2, 0.25) is 5.91 Å². The second kappa shape index (κ2) is 8.63. The molecule has 0 heterocycles. The van der Waals surface area contributed by atoms with Gasteiger partial charge in [-0.15, -0.1) is 11.8 Å². The molecule has 0 saturated carbocycles. The third kappa shape index (κ3) is 5.32. The van der Waals surface area contributed by atoms with Crippen molar-refractivity contribution in [3.8, 4) is 5.75 Å². The molecule has 0 unspecified atom stereocenters. The maximum Gasteiger partial charge on any atom is 0.233 e. The van der Waals surface area contributed by atoms with Gasteiger partial charge in [-0.2, -0.15) is 0 Å². The highest BCUT2D eigenvalue weighted by Crippen LogP contribution is 2.24. The van der Waals surface area contributed by atoms with Gasteiger partial charge in [-0.3, -0.25) is 4.79 Å². The van der Waals surface area contributed by atoms with Crippen LogP contribution in [0, 0.1) is 0 Å². The van der Waals surface area contributed by atoms with Gasteiger partial charge in [0, 0.05) is 4.90 Å². The Labute approximate surface area is 142 Å². The molecule has 4 heteroatoms. The van der Waals surface area contributed by atoms with Crippen molar-refractivity contribution in [2.24, 2.45) is 0 Å². The maximum absolute atomic E-state index is 12.3. The SMILES string of the molecule is CCOc1ccc([C@H](C)NC(=O)[C@@H](C)Sc2ccccc2)cc1. The second-order valence-corrected chi connectivity index (χ2v) is 6.72. The van der Waals surface area contributed by atoms with Crippen LogP contribution in [-0.4, -0.2) is 17.8 Å². The normalized spacial score (nSPS) is 13.2. The van der Waals surface area contributed by atoms with Gasteiger partial charge in [-0.1, -0.05) is 30.3 Å². The summed E-state index contributed by atoms with van der Waals surface area (Å²) in [4.78, 5) is 13.4. The Hall–Kier alpha value is -1.94. The summed E-state index contributed by atoms with van der Waals surface area (Å²) in [6.45, 7) is 6.54. The molecule has 0 aliphatic heterocycles. The first-order valence-corrected chi connectivity index (χ1v) is 8.73. The van der Waals surface area contributed by atoms with Crippen LogP contribution in [0.1, 0.15) is 32.4 Å². The number of ether oxygens (including phenoxy) is 1. The van der Waals surface area contributed by atoms with E-state index in [1.165, 1.54) is 0 Å². The third-order valence-electron chi connectivity index (χ3n) is 3.48. The minimum atomic E-state index is -0.137. The molecular weight excluding hydrogens is 306 g/mol. The Morgan fingerprint density at radius 3 is 2.35 bits per heavy atom. The van der Waals surface area contributed by atoms with Crippen molar-refractivity contribution in [2.75, 3.05) is 6.61 Å². The van der Waals surface area contributed by atoms with Crippen LogP contribution in [0.5, 0.6) is 5.75 Å². The Balaban J connectivity index is 1.90. The molecule has 2 aromatic carbocycles. The largest absolute Gasteiger partial charge is 0.494 e. The first kappa shape index (κ1) is 17.4. The number of carbonyl (C=O) groups excluding carboxylic acids is 1. The van der Waals surface area contributed by atoms with E-state index in [1.54, 1.807) is 11.8 Å². The second-order valence-electron chi connectivity index (χ2n) is 5.31. The lowest BCUT2D eigenvalue weighted by atomic mass is 10.1. The smallest absolute Gasteiger partial charge is 0.233 e. The molecule has 2 atom stereocenters. The molecule has 0 aliphatic rings. The predicted octanol–water partition coefficient (Wildman–Crippen LogP) is 4.44. The maximum atomic E-state index is 12.3. The van der Waals surface area contributed by atoms with E-state index in [1.807, 2.05) is 75.4 Å². The monoisotopic (exact) mass is 329 g/mol. The number of benzene rings is 2. The molecule has 122 valence electrons. The van der Waals surface area contributed by atoms with Crippen LogP contribution in [0.25, 0.3) is 0 Å². The average Bonchev–Trinajstić information content (AvgIpc) is 2.56. The van der Waals surface area contributed by atoms with Crippen LogP contribution in [0.3, 0.4) is 0 Å². The fourth-order valence-electron chi connectivity index (χ4n) is 2.19. The highest BCUT2D eigenvalue weighted by atomic mass is 32.2. The fraction of sp³-hybridized carbons (Fsp3) is 0.316. The van der Waals surface area contributed by atoms with E-state index in [9.17, 15) is 4.79 Å². The zero-order chi connectivity index (χ0) is 16.7. The van der Waals surface area contributed by atoms with Crippen LogP contribution < -0.4 is 10.1 Å². The van der Waals surface area contributed by atoms with E-state index in [0.717, 1.165) is 16.2 Å². The number of hydrogen-bond donors (Lipinski definition) is 1. The van der Waals surface area contributed by atoms with E-state index in [4.69, 9.17) is 4.74 Å². The minimum absolute atomic E-state index is 0.0306. The molecule has 23 heavy (non-hydrogen) atoms. The van der Waals surface area contributed by atoms with Crippen molar-refractivity contribution in [2.45, 2.75) is 37.0 Å². The summed E-state index contributed by atoms with van der Waals surface area (Å²) >= 11 is 1.57. The summed E-state index contributed by atoms with van der Waals surface area (Å²) in [6.07, 6.45) is 0. The van der Waals surface area contributed by atoms with Gasteiger partial charge < -0.3 is 10.1 Å². The quantitative estimate of drug-likeness (QED) is 0.763. The summed E-state index contributed by atoms with van der Waals surface area (Å²) in [7, 11) is 0. The highest BCUT2D eigenvalue weighted by Gasteiger charge is 2.17. The molecule has 0 saturated heterocycles. The summed E-state index contributed by atoms with van der Waals surface area (Å²) in [5, 5.41) is 2.93. The predicted molar refractivity (Wildman–Crippen MR) is 95.9 cm³/mol. The molecule has 0 aromatic heterocycles. The molecule has 1 amide bonds. The Kier molecular flexibility index (Phi) is 6.53. The van der Waals surface area contributed by atoms with E-state index >= 15 is 0 Å². The lowest BCUT2D eigenvalue weighted by Crippen LogP contribution is -2.33. The molecule has 2 rings (SSSR count). The van der Waals surface area contributed by atoms with Gasteiger partial charge in [0.1, 0.15) is 5.75 Å². The summed E-state index contributed by atoms with van der Waals surface area (Å²) in [6, 6.07) is 17.8. The molecule has 3 nitrogen and oxygen atoms in total. The standard InChI is InChI=1S/C19H23NO2S/c1-4-22-17-12-10-16(11-13-17)14(2)20-19(21)15(3)23-18-8-6-5-7-9-18/h5-15H,4H2,1-3H3,(H,20,21)/t14-,15+/m0/s1. The molecule has 0 fully saturated rings. The van der Waals surface area contributed by atoms with Crippen LogP contribution in [0.2, 0.25) is 0 Å². The number of amides is 1. The number of rotatable bonds is 7. The zero-order valence-electron chi connectivity index (χ0n) is 13.8. The molecule has 2 aromatic rings. The first-order chi connectivity index (χ1) is 11.1. The van der Waals surface area contributed by atoms with E-state index < -0.39 is 0 Å². The van der Waals surface area contributed by atoms with Crippen molar-refractivity contribution in [3.05, 3.63) is 60.2 Å². The van der Waals surface area contributed by atoms with E-state index in [2.05, 4.69) is 5.32 Å². The molecule has 0 bridgehead atoms. The Morgan fingerprint density at radius 1 is 1.09 bits per heavy atom. The van der Waals surface area contributed by atoms with Gasteiger partial charge in [0.25, 0.3) is 0 Å². The Morgan fingerprint density at radius 2 is 1.74 bits per heavy atom. The molecular formula is C19H23NO2S. The van der Waals surface area contributed by atoms with Crippen molar-refractivity contribution in [1.82, 2.24) is 5.32 Å². The first-order valence-electron chi connectivity index (χ1n) is 7.85. The zero-order valence-corrected chi connectivity index (χ0v) is 14.6. The number of carbonyl (C=O) groups is 1. The highest BCUT2D eigenvalue weighted by molar-refractivity contribution is 8.00. The van der Waals surface area contributed by atoms with Crippen LogP contribution in [0.4, 0.5) is 0 Å². The summed E-state index contributed by atoms with van der Waals surface area (Å²) in [5.74, 6) is 0.892. The molecule has 0 aliphatic carbocycles. The van der Waals surface area contributed by atoms with Crippen LogP contribution in [-0.2, 0) is 4.79 Å². The van der Waals surface area contributed by atoms with Crippen LogP contribution in [0.15, 0.2) is 59.5 Å². The van der Waals surface area contributed by atoms with Gasteiger partial charge >= 0.3 is 0 Å². The van der Waals surface area contributed by atoms with E-state index in [0.29, 0.717) is 6.61 Å². The van der Waals surface area contributed by atoms with Crippen molar-refractivity contribution >= 4 is 17.7 Å². The topological polar surface area (TPSA) is 38.3 Å². The Bertz CT molecular complexity index is 613. The van der Waals surface area contributed by atoms with Gasteiger partial charge in [-0.05, 0) is 50.6 Å². The lowest BCUT2D eigenvalue weighted by molar-refractivity contribution is -0.120. The van der Waals surface area contributed by atoms with Crippen LogP contribution >= 0.6 is 11.8 Å². The van der Waals surface area contributed by atoms with Crippen molar-refractivity contribution < 1.29 is 9.53 Å². The number of hydrogen-bond acceptors (Lipinski definition) is 3. The van der Waals surface area contributed by atoms with Gasteiger partial charge in [0.15, 0.2) is 0 Å². The van der Waals surface area contributed by atoms with E-state index in [-0.39, 0.29) is 17.2 Å². The third-order valence-corrected chi connectivity index (χ3v) is 4.59. The lowest BCUT2D eigenvalue weighted by Gasteiger charge is -2.18. The van der Waals surface area contributed by atoms with Crippen molar-refractivity contribution in [1.29, 1.82) is 0 Å². The molecule has 0 spiro atoms. The molecule has 1 N–H and O–H groups in total. The van der Waals surface area contributed by atoms with Crippen molar-refractivity contribution in [3.63, 3.8) is 0 Å². The average molecular weight is 329 g/mol. The van der Waals surface area contributed by atoms with Gasteiger partial charge in [0.05, 0.1) is 17.9 Å². The minimum Gasteiger partial charge on any atom is -0.494 e. The summed E-state index contributed by atoms with van der Waals surface area (Å²) in [5.41, 5.74) is 1.07. The fourth-order valence-corrected chi connectivity index (χ4v) is 3.09. The number of nitrogens with one attached hydrogen (secondary N) is 1. The summed E-state index contributed by atoms with van der Waals surface area (Å²) < 4.78 is 5.44. The number of thioether (sulfide) groups is 1.